The number of carbonyl (C=O) groups excluding carboxylic acids is 3. The number of carboxylic acid groups (broad SMARTS) is 1. The van der Waals surface area contributed by atoms with Gasteiger partial charge in [-0.05, 0) is 49.8 Å². The monoisotopic (exact) mass is 1260 g/mol. The van der Waals surface area contributed by atoms with E-state index in [9.17, 15) is 106 Å². The van der Waals surface area contributed by atoms with Crippen LogP contribution in [0.4, 0.5) is 5.69 Å². The van der Waals surface area contributed by atoms with E-state index in [0.29, 0.717) is 29.2 Å². The quantitative estimate of drug-likeness (QED) is 0.0187. The van der Waals surface area contributed by atoms with Gasteiger partial charge in [0.2, 0.25) is 11.8 Å². The Morgan fingerprint density at radius 1 is 0.788 bits per heavy atom. The largest absolute Gasteiger partial charge is 0.477 e. The summed E-state index contributed by atoms with van der Waals surface area (Å²) in [7, 11) is 3.75. The number of aliphatic carboxylic acids is 1. The number of hydrogen-bond acceptors (Lipinski definition) is 30. The van der Waals surface area contributed by atoms with Crippen LogP contribution < -0.4 is 10.6 Å². The van der Waals surface area contributed by atoms with Crippen molar-refractivity contribution in [3.8, 4) is 0 Å². The van der Waals surface area contributed by atoms with Crippen LogP contribution >= 0.6 is 21.6 Å². The summed E-state index contributed by atoms with van der Waals surface area (Å²) in [6.07, 6.45) is -40.7. The average Bonchev–Trinajstić information content (AvgIpc) is 2.14. The van der Waals surface area contributed by atoms with Gasteiger partial charge in [-0.2, -0.15) is 0 Å². The van der Waals surface area contributed by atoms with E-state index in [0.717, 1.165) is 38.4 Å². The van der Waals surface area contributed by atoms with Crippen molar-refractivity contribution < 1.29 is 144 Å². The van der Waals surface area contributed by atoms with E-state index in [2.05, 4.69) is 10.6 Å². The van der Waals surface area contributed by atoms with Crippen molar-refractivity contribution >= 4 is 51.3 Å². The van der Waals surface area contributed by atoms with E-state index in [1.807, 2.05) is 21.6 Å². The summed E-state index contributed by atoms with van der Waals surface area (Å²) in [6.45, 7) is -4.33. The summed E-state index contributed by atoms with van der Waals surface area (Å²) in [5.41, 5.74) is 1.14. The molecule has 486 valence electrons. The molecule has 5 saturated heterocycles. The number of unbranched alkanes of at least 4 members (excludes halogenated alkanes) is 1. The van der Waals surface area contributed by atoms with E-state index in [-0.39, 0.29) is 18.7 Å². The van der Waals surface area contributed by atoms with Gasteiger partial charge in [-0.1, -0.05) is 40.1 Å². The van der Waals surface area contributed by atoms with Crippen LogP contribution in [0.3, 0.4) is 0 Å². The number of ether oxygens (including phenoxy) is 8. The van der Waals surface area contributed by atoms with E-state index in [1.54, 1.807) is 24.3 Å². The molecule has 5 aliphatic heterocycles. The first-order valence-electron chi connectivity index (χ1n) is 27.9. The third-order valence-electron chi connectivity index (χ3n) is 15.5. The summed E-state index contributed by atoms with van der Waals surface area (Å²) in [6, 6.07) is 4.95. The molecule has 5 aliphatic rings. The lowest BCUT2D eigenvalue weighted by Gasteiger charge is -2.49. The molecule has 85 heavy (non-hydrogen) atoms. The Kier molecular flexibility index (Phi) is 27.8. The number of benzene rings is 1. The summed E-state index contributed by atoms with van der Waals surface area (Å²) in [5, 5.41) is 190. The van der Waals surface area contributed by atoms with Crippen molar-refractivity contribution in [1.82, 2.24) is 5.32 Å². The van der Waals surface area contributed by atoms with Gasteiger partial charge in [0.05, 0.1) is 51.3 Å². The number of aryl methyl sites for hydroxylation is 1. The van der Waals surface area contributed by atoms with Gasteiger partial charge < -0.3 is 140 Å². The highest BCUT2D eigenvalue weighted by Gasteiger charge is 2.58. The maximum atomic E-state index is 12.8. The summed E-state index contributed by atoms with van der Waals surface area (Å²) in [4.78, 5) is 49.6. The summed E-state index contributed by atoms with van der Waals surface area (Å²) < 4.78 is 46.0. The molecule has 26 unspecified atom stereocenters. The van der Waals surface area contributed by atoms with Gasteiger partial charge in [0.25, 0.3) is 5.79 Å². The minimum absolute atomic E-state index is 0.120. The molecule has 2 amide bonds. The van der Waals surface area contributed by atoms with Gasteiger partial charge in [0.15, 0.2) is 18.9 Å². The lowest BCUT2D eigenvalue weighted by molar-refractivity contribution is -0.376. The first-order chi connectivity index (χ1) is 40.4. The topological polar surface area (TPSA) is 510 Å². The standard InChI is InChI=1S/C52H82N2O29S2/c1-22(60)53-35-40(70)46(81-49-42(72)41(71)38(68)33(79-49)21-76-52(51(74)75)16-28(62)26(11-13-55)44(83-52)37(67)29(63)17-56)32(20-59)78-48(35)82-47-39(69)31(19-58)77-50(43(47)73)80-45(30(64)18-57)36(66)27(61)10-9-23-5-4-6-24(15-23)54-34(65)8-3-2-7-25-12-14-84-85-25/h4-6,13,15,25-33,35-50,56-59,61-64,66-73H,2-3,7-12,14,16-21H2,1H3,(H,53,60)(H,54,65)(H,74,75). The molecule has 0 bridgehead atoms. The zero-order valence-corrected chi connectivity index (χ0v) is 47.9. The van der Waals surface area contributed by atoms with Crippen molar-refractivity contribution in [3.05, 3.63) is 29.8 Å². The molecule has 19 N–H and O–H groups in total. The predicted octanol–water partition coefficient (Wildman–Crippen LogP) is -6.80. The highest BCUT2D eigenvalue weighted by molar-refractivity contribution is 8.77. The van der Waals surface area contributed by atoms with Crippen LogP contribution in [0.2, 0.25) is 0 Å². The Balaban J connectivity index is 1.12. The van der Waals surface area contributed by atoms with Crippen LogP contribution in [0, 0.1) is 5.92 Å². The van der Waals surface area contributed by atoms with E-state index in [1.165, 1.54) is 0 Å². The molecule has 5 fully saturated rings. The highest BCUT2D eigenvalue weighted by Crippen LogP contribution is 2.41. The molecule has 5 heterocycles. The Morgan fingerprint density at radius 3 is 2.11 bits per heavy atom. The number of aldehydes is 1. The number of aliphatic hydroxyl groups excluding tert-OH is 16. The average molecular weight is 1260 g/mol. The lowest BCUT2D eigenvalue weighted by atomic mass is 9.81. The van der Waals surface area contributed by atoms with Gasteiger partial charge >= 0.3 is 5.97 Å². The predicted molar refractivity (Wildman–Crippen MR) is 289 cm³/mol. The number of carboxylic acids is 1. The zero-order chi connectivity index (χ0) is 62.4. The molecule has 6 rings (SSSR count). The van der Waals surface area contributed by atoms with Crippen molar-refractivity contribution in [1.29, 1.82) is 0 Å². The van der Waals surface area contributed by atoms with Crippen LogP contribution in [-0.4, -0.2) is 302 Å². The Labute approximate surface area is 495 Å². The fraction of sp³-hybridized carbons (Fsp3) is 0.808. The molecule has 0 aliphatic carbocycles. The third kappa shape index (κ3) is 18.1. The van der Waals surface area contributed by atoms with Crippen molar-refractivity contribution in [2.45, 2.75) is 217 Å². The van der Waals surface area contributed by atoms with Gasteiger partial charge in [-0.25, -0.2) is 4.79 Å². The highest BCUT2D eigenvalue weighted by atomic mass is 33.1. The van der Waals surface area contributed by atoms with E-state index in [4.69, 9.17) is 37.9 Å². The van der Waals surface area contributed by atoms with Crippen LogP contribution in [0.1, 0.15) is 63.9 Å². The van der Waals surface area contributed by atoms with E-state index < -0.39 is 210 Å². The summed E-state index contributed by atoms with van der Waals surface area (Å²) in [5.74, 6) is -6.10. The molecule has 33 heteroatoms. The first kappa shape index (κ1) is 71.1. The molecule has 1 aromatic rings. The smallest absolute Gasteiger partial charge is 0.364 e. The third-order valence-corrected chi connectivity index (χ3v) is 18.6. The Morgan fingerprint density at radius 2 is 1.47 bits per heavy atom. The number of nitrogens with one attached hydrogen (secondary N) is 2. The minimum atomic E-state index is -2.93. The van der Waals surface area contributed by atoms with Crippen LogP contribution in [0.25, 0.3) is 0 Å². The fourth-order valence-corrected chi connectivity index (χ4v) is 13.7. The van der Waals surface area contributed by atoms with Crippen LogP contribution in [0.5, 0.6) is 0 Å². The molecule has 1 aromatic carbocycles. The normalized spacial score (nSPS) is 37.4. The van der Waals surface area contributed by atoms with Gasteiger partial charge in [-0.3, -0.25) is 9.59 Å². The molecule has 26 atom stereocenters. The number of carbonyl (C=O) groups is 4. The number of aliphatic hydroxyl groups is 16. The SMILES string of the molecule is CC(=O)NC1C(OC2C(O)C(CO)OC(OC(C(O)CO)C(O)C(O)CCc3cccc(NC(=O)CCCCC4CCSS4)c3)C2O)OC(CO)C(OC2OC(COC3(C(=O)O)CC(O)C(CC=O)C(C(O)C(O)CO)O3)C(O)C(O)C2O)C1O. The number of rotatable bonds is 31. The van der Waals surface area contributed by atoms with Crippen LogP contribution in [-0.2, 0) is 63.5 Å². The molecular weight excluding hydrogens is 1180 g/mol. The Bertz CT molecular complexity index is 2250. The first-order valence-corrected chi connectivity index (χ1v) is 30.3. The number of anilines is 1. The lowest BCUT2D eigenvalue weighted by Crippen LogP contribution is -2.69. The zero-order valence-electron chi connectivity index (χ0n) is 46.2. The van der Waals surface area contributed by atoms with Gasteiger partial charge in [0.1, 0.15) is 110 Å². The molecule has 0 radical (unpaired) electrons. The Hall–Kier alpha value is -2.96. The maximum absolute atomic E-state index is 12.8. The van der Waals surface area contributed by atoms with Crippen molar-refractivity contribution in [2.24, 2.45) is 5.92 Å². The molecule has 31 nitrogen and oxygen atoms in total. The number of amides is 2. The van der Waals surface area contributed by atoms with Crippen molar-refractivity contribution in [2.75, 3.05) is 44.1 Å². The van der Waals surface area contributed by atoms with Crippen LogP contribution in [0.15, 0.2) is 24.3 Å². The van der Waals surface area contributed by atoms with Crippen molar-refractivity contribution in [3.63, 3.8) is 0 Å². The molecule has 0 saturated carbocycles. The second-order valence-electron chi connectivity index (χ2n) is 21.7. The number of hydrogen-bond donors (Lipinski definition) is 19. The minimum Gasteiger partial charge on any atom is -0.477 e. The van der Waals surface area contributed by atoms with Gasteiger partial charge in [0, 0.05) is 48.8 Å². The fourth-order valence-electron chi connectivity index (χ4n) is 10.7. The maximum Gasteiger partial charge on any atom is 0.364 e. The summed E-state index contributed by atoms with van der Waals surface area (Å²) >= 11 is 0. The second kappa shape index (κ2) is 33.2. The van der Waals surface area contributed by atoms with Gasteiger partial charge in [-0.15, -0.1) is 0 Å². The molecular formula is C52H82N2O29S2. The van der Waals surface area contributed by atoms with E-state index >= 15 is 0 Å². The molecule has 0 spiro atoms. The second-order valence-corrected chi connectivity index (χ2v) is 24.5. The molecule has 0 aromatic heterocycles.